The fourth-order valence-electron chi connectivity index (χ4n) is 1.72. The summed E-state index contributed by atoms with van der Waals surface area (Å²) in [4.78, 5) is 4.64. The van der Waals surface area contributed by atoms with Crippen molar-refractivity contribution in [3.63, 3.8) is 0 Å². The van der Waals surface area contributed by atoms with Gasteiger partial charge in [0.2, 0.25) is 5.16 Å². The number of hydrogen-bond donors (Lipinski definition) is 0. The molecule has 108 valence electrons. The lowest BCUT2D eigenvalue weighted by Gasteiger charge is -2.00. The smallest absolute Gasteiger partial charge is 0.209 e. The van der Waals surface area contributed by atoms with Gasteiger partial charge in [-0.2, -0.15) is 0 Å². The number of thiazole rings is 1. The number of ether oxygens (including phenoxy) is 1. The predicted molar refractivity (Wildman–Crippen MR) is 82.5 cm³/mol. The van der Waals surface area contributed by atoms with Crippen LogP contribution in [0.2, 0.25) is 0 Å². The van der Waals surface area contributed by atoms with Crippen molar-refractivity contribution in [1.29, 1.82) is 0 Å². The topological polar surface area (TPSA) is 65.7 Å². The Morgan fingerprint density at radius 3 is 2.76 bits per heavy atom. The zero-order chi connectivity index (χ0) is 14.7. The first-order valence-corrected chi connectivity index (χ1v) is 8.07. The third kappa shape index (κ3) is 3.22. The Kier molecular flexibility index (Phi) is 4.16. The fourth-order valence-corrected chi connectivity index (χ4v) is 3.40. The van der Waals surface area contributed by atoms with Gasteiger partial charge in [0, 0.05) is 23.7 Å². The van der Waals surface area contributed by atoms with Crippen LogP contribution in [0.25, 0.3) is 10.6 Å². The summed E-state index contributed by atoms with van der Waals surface area (Å²) >= 11 is 3.21. The lowest BCUT2D eigenvalue weighted by atomic mass is 10.2. The monoisotopic (exact) mass is 319 g/mol. The number of thioether (sulfide) groups is 1. The first-order chi connectivity index (χ1) is 10.3. The highest BCUT2D eigenvalue weighted by molar-refractivity contribution is 7.98. The van der Waals surface area contributed by atoms with Crippen LogP contribution in [0.4, 0.5) is 0 Å². The molecule has 0 aliphatic carbocycles. The van der Waals surface area contributed by atoms with Crippen molar-refractivity contribution in [1.82, 2.24) is 25.2 Å². The van der Waals surface area contributed by atoms with E-state index < -0.39 is 0 Å². The van der Waals surface area contributed by atoms with E-state index >= 15 is 0 Å². The molecule has 8 heteroatoms. The third-order valence-corrected chi connectivity index (χ3v) is 4.80. The average Bonchev–Trinajstić information content (AvgIpc) is 3.14. The van der Waals surface area contributed by atoms with Gasteiger partial charge in [-0.25, -0.2) is 9.67 Å². The molecular formula is C13H13N5OS2. The molecule has 3 rings (SSSR count). The van der Waals surface area contributed by atoms with Crippen LogP contribution < -0.4 is 4.74 Å². The van der Waals surface area contributed by atoms with Crippen molar-refractivity contribution in [3.8, 4) is 16.3 Å². The minimum Gasteiger partial charge on any atom is -0.497 e. The van der Waals surface area contributed by atoms with Gasteiger partial charge in [0.05, 0.1) is 12.8 Å². The molecule has 0 atom stereocenters. The molecule has 3 aromatic rings. The highest BCUT2D eigenvalue weighted by Gasteiger charge is 2.08. The summed E-state index contributed by atoms with van der Waals surface area (Å²) in [5.41, 5.74) is 2.12. The van der Waals surface area contributed by atoms with Crippen molar-refractivity contribution in [2.75, 3.05) is 7.11 Å². The number of aryl methyl sites for hydroxylation is 1. The quantitative estimate of drug-likeness (QED) is 0.674. The highest BCUT2D eigenvalue weighted by Crippen LogP contribution is 2.28. The van der Waals surface area contributed by atoms with Gasteiger partial charge in [-0.15, -0.1) is 16.4 Å². The molecule has 0 saturated carbocycles. The summed E-state index contributed by atoms with van der Waals surface area (Å²) in [5.74, 6) is 1.60. The second kappa shape index (κ2) is 6.23. The van der Waals surface area contributed by atoms with Crippen LogP contribution in [-0.4, -0.2) is 32.3 Å². The molecular weight excluding hydrogens is 306 g/mol. The maximum absolute atomic E-state index is 5.16. The van der Waals surface area contributed by atoms with Crippen molar-refractivity contribution in [2.24, 2.45) is 7.05 Å². The molecule has 0 radical (unpaired) electrons. The van der Waals surface area contributed by atoms with E-state index in [9.17, 15) is 0 Å². The molecule has 0 N–H and O–H groups in total. The van der Waals surface area contributed by atoms with Crippen molar-refractivity contribution in [3.05, 3.63) is 35.3 Å². The summed E-state index contributed by atoms with van der Waals surface area (Å²) in [6.45, 7) is 0. The van der Waals surface area contributed by atoms with Crippen molar-refractivity contribution in [2.45, 2.75) is 10.9 Å². The second-order valence-corrected chi connectivity index (χ2v) is 6.05. The van der Waals surface area contributed by atoms with Crippen LogP contribution in [-0.2, 0) is 12.8 Å². The Morgan fingerprint density at radius 1 is 1.29 bits per heavy atom. The Hall–Kier alpha value is -1.93. The molecule has 21 heavy (non-hydrogen) atoms. The van der Waals surface area contributed by atoms with E-state index in [1.807, 2.05) is 31.3 Å². The van der Waals surface area contributed by atoms with Crippen LogP contribution in [0.5, 0.6) is 5.75 Å². The molecule has 0 bridgehead atoms. The van der Waals surface area contributed by atoms with Gasteiger partial charge in [-0.3, -0.25) is 0 Å². The Labute approximate surface area is 130 Å². The predicted octanol–water partition coefficient (Wildman–Crippen LogP) is 2.63. The van der Waals surface area contributed by atoms with Crippen LogP contribution in [0, 0.1) is 0 Å². The molecule has 1 aromatic carbocycles. The largest absolute Gasteiger partial charge is 0.497 e. The minimum absolute atomic E-state index is 0.751. The van der Waals surface area contributed by atoms with Gasteiger partial charge in [0.15, 0.2) is 0 Å². The maximum atomic E-state index is 5.16. The molecule has 0 unspecified atom stereocenters. The fraction of sp³-hybridized carbons (Fsp3) is 0.231. The first kappa shape index (κ1) is 14.0. The van der Waals surface area contributed by atoms with E-state index in [0.717, 1.165) is 32.9 Å². The summed E-state index contributed by atoms with van der Waals surface area (Å²) in [7, 11) is 3.49. The van der Waals surface area contributed by atoms with Crippen LogP contribution in [0.1, 0.15) is 5.69 Å². The third-order valence-electron chi connectivity index (χ3n) is 2.82. The normalized spacial score (nSPS) is 10.8. The minimum atomic E-state index is 0.751. The lowest BCUT2D eigenvalue weighted by Crippen LogP contribution is -1.93. The molecule has 0 saturated heterocycles. The van der Waals surface area contributed by atoms with Gasteiger partial charge in [0.25, 0.3) is 0 Å². The molecule has 2 heterocycles. The van der Waals surface area contributed by atoms with Gasteiger partial charge in [0.1, 0.15) is 10.8 Å². The van der Waals surface area contributed by atoms with Crippen molar-refractivity contribution >= 4 is 23.1 Å². The zero-order valence-corrected chi connectivity index (χ0v) is 13.2. The first-order valence-electron chi connectivity index (χ1n) is 6.20. The van der Waals surface area contributed by atoms with E-state index in [1.165, 1.54) is 0 Å². The molecule has 0 fully saturated rings. The molecule has 0 aliphatic heterocycles. The van der Waals surface area contributed by atoms with Gasteiger partial charge < -0.3 is 4.74 Å². The van der Waals surface area contributed by atoms with E-state index in [1.54, 1.807) is 34.9 Å². The lowest BCUT2D eigenvalue weighted by molar-refractivity contribution is 0.415. The van der Waals surface area contributed by atoms with Gasteiger partial charge in [-0.1, -0.05) is 11.8 Å². The molecule has 2 aromatic heterocycles. The van der Waals surface area contributed by atoms with Gasteiger partial charge >= 0.3 is 0 Å². The summed E-state index contributed by atoms with van der Waals surface area (Å²) in [6, 6.07) is 7.91. The maximum Gasteiger partial charge on any atom is 0.209 e. The average molecular weight is 319 g/mol. The van der Waals surface area contributed by atoms with Crippen LogP contribution in [0.3, 0.4) is 0 Å². The second-order valence-electron chi connectivity index (χ2n) is 4.25. The highest BCUT2D eigenvalue weighted by atomic mass is 32.2. The van der Waals surface area contributed by atoms with Gasteiger partial charge in [-0.05, 0) is 34.7 Å². The van der Waals surface area contributed by atoms with E-state index in [-0.39, 0.29) is 0 Å². The number of aromatic nitrogens is 5. The number of methoxy groups -OCH3 is 1. The van der Waals surface area contributed by atoms with Crippen molar-refractivity contribution < 1.29 is 4.74 Å². The Bertz CT molecular complexity index is 722. The number of nitrogens with zero attached hydrogens (tertiary/aromatic N) is 5. The number of tetrazole rings is 1. The van der Waals surface area contributed by atoms with E-state index in [0.29, 0.717) is 0 Å². The SMILES string of the molecule is COc1ccc(-c2nc(CSc3nnnn3C)cs2)cc1. The van der Waals surface area contributed by atoms with Crippen LogP contribution in [0.15, 0.2) is 34.8 Å². The zero-order valence-electron chi connectivity index (χ0n) is 11.6. The number of hydrogen-bond acceptors (Lipinski definition) is 7. The number of benzene rings is 1. The Balaban J connectivity index is 1.69. The molecule has 0 aliphatic rings. The summed E-state index contributed by atoms with van der Waals surface area (Å²) in [5, 5.41) is 15.2. The van der Waals surface area contributed by atoms with E-state index in [2.05, 4.69) is 25.9 Å². The molecule has 6 nitrogen and oxygen atoms in total. The summed E-state index contributed by atoms with van der Waals surface area (Å²) < 4.78 is 6.81. The number of rotatable bonds is 5. The standard InChI is InChI=1S/C13H13N5OS2/c1-18-13(15-16-17-18)21-8-10-7-20-12(14-10)9-3-5-11(19-2)6-4-9/h3-7H,8H2,1-2H3. The summed E-state index contributed by atoms with van der Waals surface area (Å²) in [6.07, 6.45) is 0. The van der Waals surface area contributed by atoms with Crippen LogP contribution >= 0.6 is 23.1 Å². The molecule has 0 amide bonds. The van der Waals surface area contributed by atoms with E-state index in [4.69, 9.17) is 4.74 Å². The Morgan fingerprint density at radius 2 is 2.10 bits per heavy atom. The molecule has 0 spiro atoms.